The Hall–Kier alpha value is -2.28. The lowest BCUT2D eigenvalue weighted by atomic mass is 9.67. The highest BCUT2D eigenvalue weighted by Gasteiger charge is 2.45. The molecule has 1 saturated carbocycles. The van der Waals surface area contributed by atoms with Gasteiger partial charge >= 0.3 is 5.97 Å². The normalized spacial score (nSPS) is 32.4. The molecule has 2 aliphatic heterocycles. The molecular weight excluding hydrogens is 502 g/mol. The van der Waals surface area contributed by atoms with Crippen molar-refractivity contribution in [2.75, 3.05) is 31.7 Å². The number of hydrogen-bond donors (Lipinski definition) is 1. The summed E-state index contributed by atoms with van der Waals surface area (Å²) in [6.07, 6.45) is 6.76. The molecule has 0 amide bonds. The first kappa shape index (κ1) is 26.0. The lowest BCUT2D eigenvalue weighted by Gasteiger charge is -2.48. The molecule has 7 heteroatoms. The van der Waals surface area contributed by atoms with Gasteiger partial charge in [0.2, 0.25) is 0 Å². The minimum Gasteiger partial charge on any atom is -0.490 e. The van der Waals surface area contributed by atoms with Crippen molar-refractivity contribution in [3.63, 3.8) is 0 Å². The first-order chi connectivity index (χ1) is 18.3. The number of nitrogens with zero attached hydrogens (tertiary/aromatic N) is 1. The van der Waals surface area contributed by atoms with Crippen LogP contribution < -0.4 is 9.64 Å². The maximum absolute atomic E-state index is 12.5. The maximum atomic E-state index is 12.5. The summed E-state index contributed by atoms with van der Waals surface area (Å²) in [4.78, 5) is 14.9. The number of aryl methyl sites for hydroxylation is 1. The number of hydrogen-bond acceptors (Lipinski definition) is 6. The second kappa shape index (κ2) is 10.4. The second-order valence-electron chi connectivity index (χ2n) is 11.9. The van der Waals surface area contributed by atoms with Crippen LogP contribution in [0.15, 0.2) is 36.4 Å². The zero-order chi connectivity index (χ0) is 26.4. The quantitative estimate of drug-likeness (QED) is 0.513. The third kappa shape index (κ3) is 4.80. The van der Waals surface area contributed by atoms with Crippen molar-refractivity contribution in [3.05, 3.63) is 58.1 Å². The smallest absolute Gasteiger partial charge is 0.337 e. The molecule has 2 aromatic rings. The van der Waals surface area contributed by atoms with E-state index in [-0.39, 0.29) is 29.7 Å². The summed E-state index contributed by atoms with van der Waals surface area (Å²) in [6.45, 7) is 4.33. The number of anilines is 1. The van der Waals surface area contributed by atoms with Crippen LogP contribution in [0.1, 0.15) is 66.9 Å². The molecule has 1 N–H and O–H groups in total. The fourth-order valence-electron chi connectivity index (χ4n) is 7.39. The standard InChI is InChI=1S/C31H38ClNO5/c1-19-12-24(34)15-29(38-19)25-8-5-22(25)16-33-17-31(11-3-4-20-13-23(32)7-9-26(20)31)18-37-28-10-6-21(14-27(28)33)30(35)36-2/h6-7,9-10,13-14,19,22,24-25,29,34H,3-5,8,11-12,15-18H2,1-2H3/t19-,22+,24+,25-,29-,31+/m1/s1. The van der Waals surface area contributed by atoms with E-state index >= 15 is 0 Å². The predicted molar refractivity (Wildman–Crippen MR) is 147 cm³/mol. The zero-order valence-corrected chi connectivity index (χ0v) is 23.1. The van der Waals surface area contributed by atoms with Crippen LogP contribution in [0.5, 0.6) is 5.75 Å². The van der Waals surface area contributed by atoms with E-state index in [4.69, 9.17) is 25.8 Å². The molecule has 0 radical (unpaired) electrons. The number of methoxy groups -OCH3 is 1. The van der Waals surface area contributed by atoms with Crippen LogP contribution in [0.4, 0.5) is 5.69 Å². The van der Waals surface area contributed by atoms with Crippen molar-refractivity contribution < 1.29 is 24.1 Å². The summed E-state index contributed by atoms with van der Waals surface area (Å²) in [7, 11) is 1.42. The number of aliphatic hydroxyl groups is 1. The molecule has 204 valence electrons. The Balaban J connectivity index is 1.34. The summed E-state index contributed by atoms with van der Waals surface area (Å²) in [5, 5.41) is 11.2. The van der Waals surface area contributed by atoms with E-state index in [0.717, 1.165) is 68.1 Å². The minimum absolute atomic E-state index is 0.0914. The molecule has 0 unspecified atom stereocenters. The summed E-state index contributed by atoms with van der Waals surface area (Å²) < 4.78 is 17.9. The van der Waals surface area contributed by atoms with Crippen molar-refractivity contribution in [1.29, 1.82) is 0 Å². The van der Waals surface area contributed by atoms with Crippen molar-refractivity contribution in [1.82, 2.24) is 0 Å². The average Bonchev–Trinajstić information content (AvgIpc) is 3.02. The molecule has 6 nitrogen and oxygen atoms in total. The van der Waals surface area contributed by atoms with Gasteiger partial charge in [0, 0.05) is 23.5 Å². The third-order valence-electron chi connectivity index (χ3n) is 9.38. The molecule has 6 atom stereocenters. The molecule has 38 heavy (non-hydrogen) atoms. The Morgan fingerprint density at radius 3 is 2.84 bits per heavy atom. The zero-order valence-electron chi connectivity index (χ0n) is 22.3. The molecular formula is C31H38ClNO5. The number of halogens is 1. The van der Waals surface area contributed by atoms with Crippen LogP contribution in [0, 0.1) is 11.8 Å². The van der Waals surface area contributed by atoms with Crippen LogP contribution in [-0.2, 0) is 21.3 Å². The molecule has 6 rings (SSSR count). The number of rotatable bonds is 4. The fraction of sp³-hybridized carbons (Fsp3) is 0.581. The number of aliphatic hydroxyl groups excluding tert-OH is 1. The van der Waals surface area contributed by atoms with Crippen LogP contribution in [-0.4, -0.2) is 56.2 Å². The highest BCUT2D eigenvalue weighted by molar-refractivity contribution is 6.30. The van der Waals surface area contributed by atoms with Crippen LogP contribution >= 0.6 is 11.6 Å². The molecule has 0 bridgehead atoms. The molecule has 2 heterocycles. The third-order valence-corrected chi connectivity index (χ3v) is 9.62. The highest BCUT2D eigenvalue weighted by atomic mass is 35.5. The van der Waals surface area contributed by atoms with Crippen molar-refractivity contribution in [3.8, 4) is 5.75 Å². The van der Waals surface area contributed by atoms with Crippen LogP contribution in [0.3, 0.4) is 0 Å². The fourth-order valence-corrected chi connectivity index (χ4v) is 7.58. The Morgan fingerprint density at radius 1 is 1.21 bits per heavy atom. The Labute approximate surface area is 230 Å². The van der Waals surface area contributed by atoms with Gasteiger partial charge in [-0.15, -0.1) is 0 Å². The predicted octanol–water partition coefficient (Wildman–Crippen LogP) is 5.55. The van der Waals surface area contributed by atoms with Crippen molar-refractivity contribution in [2.24, 2.45) is 11.8 Å². The first-order valence-corrected chi connectivity index (χ1v) is 14.5. The van der Waals surface area contributed by atoms with Gasteiger partial charge in [0.05, 0.1) is 43.3 Å². The Kier molecular flexibility index (Phi) is 7.08. The summed E-state index contributed by atoms with van der Waals surface area (Å²) in [5.41, 5.74) is 3.97. The van der Waals surface area contributed by atoms with E-state index in [1.807, 2.05) is 18.2 Å². The summed E-state index contributed by atoms with van der Waals surface area (Å²) in [5.74, 6) is 1.35. The minimum atomic E-state index is -0.343. The molecule has 2 fully saturated rings. The van der Waals surface area contributed by atoms with Gasteiger partial charge in [0.1, 0.15) is 5.75 Å². The van der Waals surface area contributed by atoms with Gasteiger partial charge in [-0.1, -0.05) is 17.7 Å². The van der Waals surface area contributed by atoms with E-state index in [9.17, 15) is 9.90 Å². The highest BCUT2D eigenvalue weighted by Crippen LogP contribution is 2.47. The van der Waals surface area contributed by atoms with Gasteiger partial charge in [-0.3, -0.25) is 0 Å². The van der Waals surface area contributed by atoms with Gasteiger partial charge < -0.3 is 24.2 Å². The molecule has 2 aliphatic carbocycles. The van der Waals surface area contributed by atoms with Gasteiger partial charge in [0.15, 0.2) is 0 Å². The average molecular weight is 540 g/mol. The van der Waals surface area contributed by atoms with E-state index in [2.05, 4.69) is 24.0 Å². The van der Waals surface area contributed by atoms with Gasteiger partial charge in [-0.2, -0.15) is 0 Å². The largest absolute Gasteiger partial charge is 0.490 e. The summed E-state index contributed by atoms with van der Waals surface area (Å²) in [6, 6.07) is 12.0. The van der Waals surface area contributed by atoms with E-state index in [0.29, 0.717) is 30.4 Å². The lowest BCUT2D eigenvalue weighted by molar-refractivity contribution is -0.135. The lowest BCUT2D eigenvalue weighted by Crippen LogP contribution is -2.51. The van der Waals surface area contributed by atoms with E-state index in [1.54, 1.807) is 6.07 Å². The Morgan fingerprint density at radius 2 is 2.08 bits per heavy atom. The Bertz CT molecular complexity index is 1190. The van der Waals surface area contributed by atoms with Gasteiger partial charge in [-0.05, 0) is 105 Å². The molecule has 4 aliphatic rings. The topological polar surface area (TPSA) is 68.2 Å². The first-order valence-electron chi connectivity index (χ1n) is 14.1. The number of benzene rings is 2. The molecule has 2 aromatic carbocycles. The molecule has 0 aromatic heterocycles. The number of carbonyl (C=O) groups is 1. The summed E-state index contributed by atoms with van der Waals surface area (Å²) >= 11 is 6.39. The van der Waals surface area contributed by atoms with Crippen LogP contribution in [0.2, 0.25) is 5.02 Å². The number of ether oxygens (including phenoxy) is 3. The van der Waals surface area contributed by atoms with E-state index in [1.165, 1.54) is 18.2 Å². The SMILES string of the molecule is COC(=O)c1ccc2c(c1)N(C[C@@H]1CC[C@H]1[C@H]1C[C@@H](O)C[C@@H](C)O1)C[C@@]1(CCCc3cc(Cl)ccc31)CO2. The van der Waals surface area contributed by atoms with Gasteiger partial charge in [0.25, 0.3) is 0 Å². The number of carbonyl (C=O) groups excluding carboxylic acids is 1. The van der Waals surface area contributed by atoms with Gasteiger partial charge in [-0.25, -0.2) is 4.79 Å². The van der Waals surface area contributed by atoms with Crippen LogP contribution in [0.25, 0.3) is 0 Å². The number of fused-ring (bicyclic) bond motifs is 3. The maximum Gasteiger partial charge on any atom is 0.337 e. The monoisotopic (exact) mass is 539 g/mol. The van der Waals surface area contributed by atoms with Crippen molar-refractivity contribution >= 4 is 23.3 Å². The van der Waals surface area contributed by atoms with E-state index < -0.39 is 0 Å². The molecule has 1 saturated heterocycles. The number of esters is 1. The van der Waals surface area contributed by atoms with Crippen molar-refractivity contribution in [2.45, 2.75) is 75.6 Å². The second-order valence-corrected chi connectivity index (χ2v) is 12.3. The molecule has 1 spiro atoms.